The van der Waals surface area contributed by atoms with E-state index < -0.39 is 0 Å². The van der Waals surface area contributed by atoms with Gasteiger partial charge in [-0.25, -0.2) is 9.78 Å². The van der Waals surface area contributed by atoms with E-state index in [2.05, 4.69) is 26.3 Å². The molecule has 0 aromatic carbocycles. The van der Waals surface area contributed by atoms with Gasteiger partial charge in [-0.1, -0.05) is 0 Å². The molecule has 2 amide bonds. The highest BCUT2D eigenvalue weighted by Gasteiger charge is 2.14. The van der Waals surface area contributed by atoms with E-state index in [9.17, 15) is 4.79 Å². The summed E-state index contributed by atoms with van der Waals surface area (Å²) in [5.41, 5.74) is 2.27. The first-order valence-electron chi connectivity index (χ1n) is 7.55. The van der Waals surface area contributed by atoms with Gasteiger partial charge < -0.3 is 15.2 Å². The molecule has 2 aromatic rings. The number of aryl methyl sites for hydroxylation is 3. The third-order valence-electron chi connectivity index (χ3n) is 3.62. The average molecular weight is 320 g/mol. The highest BCUT2D eigenvalue weighted by molar-refractivity contribution is 7.09. The van der Waals surface area contributed by atoms with Gasteiger partial charge >= 0.3 is 6.03 Å². The van der Waals surface area contributed by atoms with Crippen LogP contribution in [0.3, 0.4) is 0 Å². The average Bonchev–Trinajstić information content (AvgIpc) is 3.05. The van der Waals surface area contributed by atoms with Gasteiger partial charge in [0.25, 0.3) is 0 Å². The Morgan fingerprint density at radius 2 is 2.18 bits per heavy atom. The zero-order valence-corrected chi connectivity index (χ0v) is 14.4. The summed E-state index contributed by atoms with van der Waals surface area (Å²) in [5.74, 6) is 0. The number of amides is 2. The summed E-state index contributed by atoms with van der Waals surface area (Å²) in [6, 6.07) is 4.07. The molecule has 0 aliphatic carbocycles. The van der Waals surface area contributed by atoms with Crippen LogP contribution in [0, 0.1) is 6.92 Å². The van der Waals surface area contributed by atoms with E-state index in [0.29, 0.717) is 0 Å². The monoisotopic (exact) mass is 320 g/mol. The van der Waals surface area contributed by atoms with Gasteiger partial charge in [-0.15, -0.1) is 11.3 Å². The molecule has 0 bridgehead atoms. The van der Waals surface area contributed by atoms with Crippen LogP contribution < -0.4 is 10.6 Å². The smallest absolute Gasteiger partial charge is 0.315 e. The molecule has 2 N–H and O–H groups in total. The number of hydrogen-bond donors (Lipinski definition) is 2. The second-order valence-corrected chi connectivity index (χ2v) is 6.61. The molecule has 2 heterocycles. The molecule has 0 fully saturated rings. The zero-order chi connectivity index (χ0) is 16.1. The van der Waals surface area contributed by atoms with Crippen LogP contribution in [0.15, 0.2) is 23.7 Å². The fourth-order valence-corrected chi connectivity index (χ4v) is 3.09. The maximum Gasteiger partial charge on any atom is 0.315 e. The Kier molecular flexibility index (Phi) is 5.60. The lowest BCUT2D eigenvalue weighted by Crippen LogP contribution is -2.42. The van der Waals surface area contributed by atoms with Crippen LogP contribution in [0.25, 0.3) is 0 Å². The van der Waals surface area contributed by atoms with E-state index in [1.165, 1.54) is 5.69 Å². The Hall–Kier alpha value is -1.82. The number of carbonyl (C=O) groups excluding carboxylic acids is 1. The summed E-state index contributed by atoms with van der Waals surface area (Å²) >= 11 is 1.57. The van der Waals surface area contributed by atoms with Gasteiger partial charge in [0.15, 0.2) is 0 Å². The minimum atomic E-state index is -0.139. The van der Waals surface area contributed by atoms with E-state index in [1.54, 1.807) is 11.3 Å². The molecule has 0 saturated heterocycles. The first-order chi connectivity index (χ1) is 10.5. The van der Waals surface area contributed by atoms with Crippen LogP contribution >= 0.6 is 11.3 Å². The molecule has 2 aromatic heterocycles. The van der Waals surface area contributed by atoms with Crippen LogP contribution in [-0.2, 0) is 13.5 Å². The number of rotatable bonds is 6. The number of aromatic nitrogens is 2. The second-order valence-electron chi connectivity index (χ2n) is 5.72. The summed E-state index contributed by atoms with van der Waals surface area (Å²) in [4.78, 5) is 16.4. The fourth-order valence-electron chi connectivity index (χ4n) is 2.29. The van der Waals surface area contributed by atoms with Crippen molar-refractivity contribution in [2.75, 3.05) is 0 Å². The molecule has 6 heteroatoms. The topological polar surface area (TPSA) is 59.0 Å². The highest BCUT2D eigenvalue weighted by atomic mass is 32.1. The molecule has 0 aliphatic rings. The maximum atomic E-state index is 12.0. The first kappa shape index (κ1) is 16.5. The van der Waals surface area contributed by atoms with Crippen molar-refractivity contribution in [3.05, 3.63) is 40.1 Å². The number of nitrogens with one attached hydrogen (secondary N) is 2. The predicted octanol–water partition coefficient (Wildman–Crippen LogP) is 3.17. The summed E-state index contributed by atoms with van der Waals surface area (Å²) in [7, 11) is 2.04. The van der Waals surface area contributed by atoms with E-state index in [0.717, 1.165) is 23.5 Å². The molecular weight excluding hydrogens is 296 g/mol. The molecule has 22 heavy (non-hydrogen) atoms. The summed E-state index contributed by atoms with van der Waals surface area (Å²) in [6.45, 7) is 5.94. The largest absolute Gasteiger partial charge is 0.354 e. The first-order valence-corrected chi connectivity index (χ1v) is 8.43. The third kappa shape index (κ3) is 4.59. The van der Waals surface area contributed by atoms with Crippen LogP contribution in [0.4, 0.5) is 4.79 Å². The number of thiazole rings is 1. The van der Waals surface area contributed by atoms with E-state index in [-0.39, 0.29) is 18.1 Å². The van der Waals surface area contributed by atoms with Gasteiger partial charge in [-0.3, -0.25) is 0 Å². The molecule has 0 radical (unpaired) electrons. The van der Waals surface area contributed by atoms with Crippen LogP contribution in [0.2, 0.25) is 0 Å². The van der Waals surface area contributed by atoms with Gasteiger partial charge in [-0.05, 0) is 45.7 Å². The van der Waals surface area contributed by atoms with E-state index in [4.69, 9.17) is 0 Å². The fraction of sp³-hybridized carbons (Fsp3) is 0.500. The maximum absolute atomic E-state index is 12.0. The van der Waals surface area contributed by atoms with Crippen LogP contribution in [-0.4, -0.2) is 21.6 Å². The molecule has 0 spiro atoms. The molecular formula is C16H24N4OS. The number of nitrogens with zero attached hydrogens (tertiary/aromatic N) is 2. The van der Waals surface area contributed by atoms with Crippen molar-refractivity contribution in [1.29, 1.82) is 0 Å². The summed E-state index contributed by atoms with van der Waals surface area (Å²) < 4.78 is 2.11. The lowest BCUT2D eigenvalue weighted by molar-refractivity contribution is 0.234. The van der Waals surface area contributed by atoms with E-state index in [1.807, 2.05) is 45.5 Å². The summed E-state index contributed by atoms with van der Waals surface area (Å²) in [5, 5.41) is 8.85. The van der Waals surface area contributed by atoms with Gasteiger partial charge in [0.05, 0.1) is 6.04 Å². The quantitative estimate of drug-likeness (QED) is 0.859. The minimum absolute atomic E-state index is 0.0706. The van der Waals surface area contributed by atoms with Crippen molar-refractivity contribution in [1.82, 2.24) is 20.2 Å². The Bertz CT molecular complexity index is 619. The van der Waals surface area contributed by atoms with Crippen molar-refractivity contribution in [3.8, 4) is 0 Å². The zero-order valence-electron chi connectivity index (χ0n) is 13.6. The van der Waals surface area contributed by atoms with Crippen molar-refractivity contribution in [2.24, 2.45) is 7.05 Å². The number of hydrogen-bond acceptors (Lipinski definition) is 3. The van der Waals surface area contributed by atoms with Gasteiger partial charge in [0, 0.05) is 36.1 Å². The van der Waals surface area contributed by atoms with Crippen LogP contribution in [0.1, 0.15) is 42.7 Å². The summed E-state index contributed by atoms with van der Waals surface area (Å²) in [6.07, 6.45) is 3.90. The highest BCUT2D eigenvalue weighted by Crippen LogP contribution is 2.17. The number of urea groups is 1. The molecule has 0 unspecified atom stereocenters. The molecule has 2 atom stereocenters. The van der Waals surface area contributed by atoms with Gasteiger partial charge in [0.1, 0.15) is 5.01 Å². The van der Waals surface area contributed by atoms with Crippen LogP contribution in [0.5, 0.6) is 0 Å². The molecule has 5 nitrogen and oxygen atoms in total. The SMILES string of the molecule is Cc1csc([C@@H](C)NC(=O)N[C@@H](C)CCc2cccn2C)n1. The van der Waals surface area contributed by atoms with Crippen molar-refractivity contribution in [2.45, 2.75) is 45.7 Å². The standard InChI is InChI=1S/C16H24N4OS/c1-11(7-8-14-6-5-9-20(14)4)18-16(21)19-13(3)15-17-12(2)10-22-15/h5-6,9-11,13H,7-8H2,1-4H3,(H2,18,19,21)/t11-,13+/m0/s1. The second kappa shape index (κ2) is 7.45. The Morgan fingerprint density at radius 1 is 1.41 bits per heavy atom. The normalized spacial score (nSPS) is 13.6. The van der Waals surface area contributed by atoms with Crippen molar-refractivity contribution >= 4 is 17.4 Å². The van der Waals surface area contributed by atoms with Gasteiger partial charge in [-0.2, -0.15) is 0 Å². The molecule has 120 valence electrons. The lowest BCUT2D eigenvalue weighted by Gasteiger charge is -2.17. The van der Waals surface area contributed by atoms with Crippen molar-refractivity contribution < 1.29 is 4.79 Å². The van der Waals surface area contributed by atoms with Gasteiger partial charge in [0.2, 0.25) is 0 Å². The van der Waals surface area contributed by atoms with E-state index >= 15 is 0 Å². The minimum Gasteiger partial charge on any atom is -0.354 e. The third-order valence-corrected chi connectivity index (χ3v) is 4.76. The predicted molar refractivity (Wildman–Crippen MR) is 90.1 cm³/mol. The Labute approximate surface area is 135 Å². The number of carbonyl (C=O) groups is 1. The Balaban J connectivity index is 1.75. The Morgan fingerprint density at radius 3 is 2.77 bits per heavy atom. The molecule has 0 aliphatic heterocycles. The van der Waals surface area contributed by atoms with Crippen molar-refractivity contribution in [3.63, 3.8) is 0 Å². The molecule has 0 saturated carbocycles. The molecule has 2 rings (SSSR count). The lowest BCUT2D eigenvalue weighted by atomic mass is 10.1.